The summed E-state index contributed by atoms with van der Waals surface area (Å²) in [6, 6.07) is 5.28. The molecule has 2 aromatic rings. The number of ether oxygens (including phenoxy) is 3. The van der Waals surface area contributed by atoms with E-state index in [9.17, 15) is 4.79 Å². The standard InChI is InChI=1S/C15H13BrO5/c1-8-3-11(9(2)21-8)15(17)18-6-10-4-13-14(5-12(10)16)20-7-19-13/h3-5H,6-7H2,1-2H3. The number of rotatable bonds is 3. The number of esters is 1. The van der Waals surface area contributed by atoms with Crippen LogP contribution in [-0.4, -0.2) is 12.8 Å². The van der Waals surface area contributed by atoms with E-state index in [0.29, 0.717) is 28.6 Å². The number of furan rings is 1. The summed E-state index contributed by atoms with van der Waals surface area (Å²) in [4.78, 5) is 12.0. The number of aryl methyl sites for hydroxylation is 2. The molecule has 0 unspecified atom stereocenters. The van der Waals surface area contributed by atoms with Gasteiger partial charge in [-0.15, -0.1) is 0 Å². The minimum atomic E-state index is -0.408. The molecule has 0 atom stereocenters. The van der Waals surface area contributed by atoms with Gasteiger partial charge in [0.05, 0.1) is 0 Å². The summed E-state index contributed by atoms with van der Waals surface area (Å²) in [5.74, 6) is 2.16. The molecule has 2 heterocycles. The minimum absolute atomic E-state index is 0.139. The zero-order valence-electron chi connectivity index (χ0n) is 11.6. The maximum absolute atomic E-state index is 12.0. The van der Waals surface area contributed by atoms with Crippen molar-refractivity contribution < 1.29 is 23.4 Å². The second-order valence-corrected chi connectivity index (χ2v) is 5.55. The average Bonchev–Trinajstić information content (AvgIpc) is 3.01. The molecule has 0 spiro atoms. The zero-order chi connectivity index (χ0) is 15.0. The molecule has 0 fully saturated rings. The van der Waals surface area contributed by atoms with Crippen molar-refractivity contribution in [1.29, 1.82) is 0 Å². The Bertz CT molecular complexity index is 704. The molecule has 3 rings (SSSR count). The molecule has 0 aliphatic carbocycles. The summed E-state index contributed by atoms with van der Waals surface area (Å²) in [6.45, 7) is 3.87. The Kier molecular flexibility index (Phi) is 3.63. The molecule has 1 aliphatic rings. The van der Waals surface area contributed by atoms with E-state index in [1.54, 1.807) is 32.0 Å². The molecule has 0 bridgehead atoms. The smallest absolute Gasteiger partial charge is 0.342 e. The molecule has 0 radical (unpaired) electrons. The van der Waals surface area contributed by atoms with Crippen molar-refractivity contribution in [1.82, 2.24) is 0 Å². The lowest BCUT2D eigenvalue weighted by molar-refractivity contribution is 0.0469. The maximum Gasteiger partial charge on any atom is 0.342 e. The Balaban J connectivity index is 1.73. The van der Waals surface area contributed by atoms with Gasteiger partial charge in [0.15, 0.2) is 11.5 Å². The molecule has 21 heavy (non-hydrogen) atoms. The van der Waals surface area contributed by atoms with Gasteiger partial charge in [-0.2, -0.15) is 0 Å². The molecule has 0 saturated heterocycles. The molecule has 110 valence electrons. The third-order valence-corrected chi connectivity index (χ3v) is 3.90. The highest BCUT2D eigenvalue weighted by molar-refractivity contribution is 9.10. The van der Waals surface area contributed by atoms with E-state index in [2.05, 4.69) is 15.9 Å². The van der Waals surface area contributed by atoms with E-state index in [0.717, 1.165) is 10.0 Å². The third-order valence-electron chi connectivity index (χ3n) is 3.16. The SMILES string of the molecule is Cc1cc(C(=O)OCc2cc3c(cc2Br)OCO3)c(C)o1. The van der Waals surface area contributed by atoms with Crippen molar-refractivity contribution in [2.45, 2.75) is 20.5 Å². The number of fused-ring (bicyclic) bond motifs is 1. The summed E-state index contributed by atoms with van der Waals surface area (Å²) >= 11 is 3.43. The van der Waals surface area contributed by atoms with Crippen molar-refractivity contribution in [3.63, 3.8) is 0 Å². The summed E-state index contributed by atoms with van der Waals surface area (Å²) in [5, 5.41) is 0. The van der Waals surface area contributed by atoms with Crippen LogP contribution in [0.3, 0.4) is 0 Å². The molecule has 1 aromatic carbocycles. The quantitative estimate of drug-likeness (QED) is 0.787. The molecule has 1 aliphatic heterocycles. The van der Waals surface area contributed by atoms with Crippen LogP contribution in [0.15, 0.2) is 27.1 Å². The highest BCUT2D eigenvalue weighted by Crippen LogP contribution is 2.37. The fraction of sp³-hybridized carbons (Fsp3) is 0.267. The van der Waals surface area contributed by atoms with Crippen LogP contribution in [0.4, 0.5) is 0 Å². The molecule has 6 heteroatoms. The summed E-state index contributed by atoms with van der Waals surface area (Å²) in [5.41, 5.74) is 1.26. The van der Waals surface area contributed by atoms with Crippen LogP contribution in [0.5, 0.6) is 11.5 Å². The van der Waals surface area contributed by atoms with Crippen molar-refractivity contribution in [2.24, 2.45) is 0 Å². The van der Waals surface area contributed by atoms with E-state index in [1.807, 2.05) is 0 Å². The Morgan fingerprint density at radius 1 is 1.24 bits per heavy atom. The first-order chi connectivity index (χ1) is 10.0. The first kappa shape index (κ1) is 14.0. The first-order valence-electron chi connectivity index (χ1n) is 6.37. The molecule has 5 nitrogen and oxygen atoms in total. The molecular formula is C15H13BrO5. The van der Waals surface area contributed by atoms with E-state index in [-0.39, 0.29) is 13.4 Å². The van der Waals surface area contributed by atoms with Crippen molar-refractivity contribution in [3.8, 4) is 11.5 Å². The van der Waals surface area contributed by atoms with Crippen LogP contribution in [0.1, 0.15) is 27.4 Å². The van der Waals surface area contributed by atoms with Gasteiger partial charge in [-0.25, -0.2) is 4.79 Å². The predicted molar refractivity (Wildman–Crippen MR) is 77.6 cm³/mol. The number of halogens is 1. The number of hydrogen-bond donors (Lipinski definition) is 0. The third kappa shape index (κ3) is 2.76. The van der Waals surface area contributed by atoms with Crippen molar-refractivity contribution in [3.05, 3.63) is 45.3 Å². The van der Waals surface area contributed by atoms with Gasteiger partial charge in [0.25, 0.3) is 0 Å². The predicted octanol–water partition coefficient (Wildman–Crippen LogP) is 3.74. The van der Waals surface area contributed by atoms with Crippen molar-refractivity contribution in [2.75, 3.05) is 6.79 Å². The highest BCUT2D eigenvalue weighted by Gasteiger charge is 2.19. The van der Waals surface area contributed by atoms with Gasteiger partial charge < -0.3 is 18.6 Å². The lowest BCUT2D eigenvalue weighted by atomic mass is 10.2. The molecule has 0 N–H and O–H groups in total. The number of carbonyl (C=O) groups excluding carboxylic acids is 1. The Hall–Kier alpha value is -1.95. The molecule has 0 saturated carbocycles. The van der Waals surface area contributed by atoms with Gasteiger partial charge in [-0.1, -0.05) is 15.9 Å². The van der Waals surface area contributed by atoms with Gasteiger partial charge in [0.1, 0.15) is 23.7 Å². The van der Waals surface area contributed by atoms with Crippen LogP contribution in [0.25, 0.3) is 0 Å². The lowest BCUT2D eigenvalue weighted by Crippen LogP contribution is -2.05. The van der Waals surface area contributed by atoms with Gasteiger partial charge in [0, 0.05) is 10.0 Å². The van der Waals surface area contributed by atoms with Crippen LogP contribution in [0.2, 0.25) is 0 Å². The lowest BCUT2D eigenvalue weighted by Gasteiger charge is -2.07. The second kappa shape index (κ2) is 5.44. The van der Waals surface area contributed by atoms with Crippen LogP contribution in [-0.2, 0) is 11.3 Å². The monoisotopic (exact) mass is 352 g/mol. The largest absolute Gasteiger partial charge is 0.466 e. The van der Waals surface area contributed by atoms with E-state index in [1.165, 1.54) is 0 Å². The maximum atomic E-state index is 12.0. The normalized spacial score (nSPS) is 12.5. The van der Waals surface area contributed by atoms with Gasteiger partial charge in [-0.05, 0) is 32.0 Å². The molecule has 1 aromatic heterocycles. The number of benzene rings is 1. The highest BCUT2D eigenvalue weighted by atomic mass is 79.9. The van der Waals surface area contributed by atoms with Gasteiger partial charge >= 0.3 is 5.97 Å². The fourth-order valence-electron chi connectivity index (χ4n) is 2.12. The molecular weight excluding hydrogens is 340 g/mol. The van der Waals surface area contributed by atoms with Crippen LogP contribution < -0.4 is 9.47 Å². The minimum Gasteiger partial charge on any atom is -0.466 e. The number of carbonyl (C=O) groups is 1. The van der Waals surface area contributed by atoms with Crippen LogP contribution >= 0.6 is 15.9 Å². The summed E-state index contributed by atoms with van der Waals surface area (Å²) in [7, 11) is 0. The van der Waals surface area contributed by atoms with Crippen molar-refractivity contribution >= 4 is 21.9 Å². The first-order valence-corrected chi connectivity index (χ1v) is 7.16. The topological polar surface area (TPSA) is 57.9 Å². The summed E-state index contributed by atoms with van der Waals surface area (Å²) < 4.78 is 22.0. The van der Waals surface area contributed by atoms with Gasteiger partial charge in [0.2, 0.25) is 6.79 Å². The van der Waals surface area contributed by atoms with Gasteiger partial charge in [-0.3, -0.25) is 0 Å². The Labute approximate surface area is 129 Å². The zero-order valence-corrected chi connectivity index (χ0v) is 13.2. The fourth-order valence-corrected chi connectivity index (χ4v) is 2.56. The molecule has 0 amide bonds. The Morgan fingerprint density at radius 2 is 1.95 bits per heavy atom. The average molecular weight is 353 g/mol. The number of hydrogen-bond acceptors (Lipinski definition) is 5. The van der Waals surface area contributed by atoms with E-state index >= 15 is 0 Å². The van der Waals surface area contributed by atoms with E-state index < -0.39 is 5.97 Å². The van der Waals surface area contributed by atoms with E-state index in [4.69, 9.17) is 18.6 Å². The summed E-state index contributed by atoms with van der Waals surface area (Å²) in [6.07, 6.45) is 0. The Morgan fingerprint density at radius 3 is 2.62 bits per heavy atom. The second-order valence-electron chi connectivity index (χ2n) is 4.70. The van der Waals surface area contributed by atoms with Crippen LogP contribution in [0, 0.1) is 13.8 Å².